The number of nitrogens with one attached hydrogen (secondary N) is 1. The zero-order chi connectivity index (χ0) is 11.8. The smallest absolute Gasteiger partial charge is 0.305 e. The normalized spacial score (nSPS) is 18.4. The molecule has 0 bridgehead atoms. The second-order valence-electron chi connectivity index (χ2n) is 4.00. The molecular formula is C12H19NO3. The highest BCUT2D eigenvalue weighted by Gasteiger charge is 2.13. The predicted molar refractivity (Wildman–Crippen MR) is 60.7 cm³/mol. The Bertz CT molecular complexity index is 273. The minimum Gasteiger partial charge on any atom is -0.469 e. The number of methoxy groups -OCH3 is 1. The number of allylic oxidation sites excluding steroid dienone is 2. The molecule has 0 fully saturated rings. The van der Waals surface area contributed by atoms with Gasteiger partial charge in [-0.05, 0) is 25.2 Å². The lowest BCUT2D eigenvalue weighted by atomic mass is 10.1. The summed E-state index contributed by atoms with van der Waals surface area (Å²) in [6.07, 6.45) is 7.95. The molecule has 0 saturated carbocycles. The summed E-state index contributed by atoms with van der Waals surface area (Å²) in [6, 6.07) is 0. The fraction of sp³-hybridized carbons (Fsp3) is 0.667. The minimum atomic E-state index is -0.229. The molecule has 0 aromatic heterocycles. The highest BCUT2D eigenvalue weighted by Crippen LogP contribution is 2.19. The summed E-state index contributed by atoms with van der Waals surface area (Å²) in [5.41, 5.74) is 0. The van der Waals surface area contributed by atoms with Crippen molar-refractivity contribution < 1.29 is 14.3 Å². The second-order valence-corrected chi connectivity index (χ2v) is 4.00. The van der Waals surface area contributed by atoms with E-state index in [0.29, 0.717) is 31.7 Å². The first-order valence-corrected chi connectivity index (χ1v) is 5.72. The summed E-state index contributed by atoms with van der Waals surface area (Å²) in [5, 5.41) is 2.81. The van der Waals surface area contributed by atoms with Crippen LogP contribution in [0.15, 0.2) is 12.2 Å². The summed E-state index contributed by atoms with van der Waals surface area (Å²) in [5.74, 6) is 0.245. The van der Waals surface area contributed by atoms with Crippen LogP contribution >= 0.6 is 0 Å². The molecule has 90 valence electrons. The van der Waals surface area contributed by atoms with E-state index in [2.05, 4.69) is 22.2 Å². The SMILES string of the molecule is COC(=O)CCCNC(=O)C[C@H]1C=CCC1. The third-order valence-corrected chi connectivity index (χ3v) is 2.67. The van der Waals surface area contributed by atoms with E-state index >= 15 is 0 Å². The van der Waals surface area contributed by atoms with Gasteiger partial charge in [-0.25, -0.2) is 0 Å². The molecule has 1 aliphatic carbocycles. The molecule has 0 spiro atoms. The molecular weight excluding hydrogens is 206 g/mol. The van der Waals surface area contributed by atoms with Gasteiger partial charge >= 0.3 is 5.97 Å². The Labute approximate surface area is 96.0 Å². The molecule has 0 aliphatic heterocycles. The lowest BCUT2D eigenvalue weighted by Gasteiger charge is -2.08. The lowest BCUT2D eigenvalue weighted by molar-refractivity contribution is -0.140. The Hall–Kier alpha value is -1.32. The van der Waals surface area contributed by atoms with E-state index in [0.717, 1.165) is 12.8 Å². The van der Waals surface area contributed by atoms with Crippen molar-refractivity contribution in [3.63, 3.8) is 0 Å². The van der Waals surface area contributed by atoms with Crippen LogP contribution in [0.25, 0.3) is 0 Å². The fourth-order valence-corrected chi connectivity index (χ4v) is 1.74. The topological polar surface area (TPSA) is 55.4 Å². The van der Waals surface area contributed by atoms with Crippen molar-refractivity contribution in [2.75, 3.05) is 13.7 Å². The van der Waals surface area contributed by atoms with Crippen LogP contribution in [0.1, 0.15) is 32.1 Å². The molecule has 0 aromatic rings. The number of carbonyl (C=O) groups excluding carboxylic acids is 2. The molecule has 1 aliphatic rings. The van der Waals surface area contributed by atoms with E-state index in [1.807, 2.05) is 0 Å². The second kappa shape index (κ2) is 7.04. The van der Waals surface area contributed by atoms with Crippen molar-refractivity contribution >= 4 is 11.9 Å². The van der Waals surface area contributed by atoms with Gasteiger partial charge in [-0.2, -0.15) is 0 Å². The number of carbonyl (C=O) groups is 2. The van der Waals surface area contributed by atoms with Gasteiger partial charge < -0.3 is 10.1 Å². The fourth-order valence-electron chi connectivity index (χ4n) is 1.74. The third kappa shape index (κ3) is 4.96. The Balaban J connectivity index is 2.02. The quantitative estimate of drug-likeness (QED) is 0.422. The molecule has 1 atom stereocenters. The number of amides is 1. The van der Waals surface area contributed by atoms with Gasteiger partial charge in [0.15, 0.2) is 0 Å². The van der Waals surface area contributed by atoms with Crippen molar-refractivity contribution in [2.45, 2.75) is 32.1 Å². The Morgan fingerprint density at radius 3 is 2.94 bits per heavy atom. The van der Waals surface area contributed by atoms with Crippen LogP contribution in [0.5, 0.6) is 0 Å². The number of esters is 1. The van der Waals surface area contributed by atoms with Gasteiger partial charge in [-0.1, -0.05) is 12.2 Å². The van der Waals surface area contributed by atoms with Crippen LogP contribution < -0.4 is 5.32 Å². The predicted octanol–water partition coefficient (Wildman–Crippen LogP) is 1.41. The summed E-state index contributed by atoms with van der Waals surface area (Å²) in [6.45, 7) is 0.546. The van der Waals surface area contributed by atoms with Crippen molar-refractivity contribution in [2.24, 2.45) is 5.92 Å². The molecule has 0 radical (unpaired) electrons. The molecule has 1 rings (SSSR count). The average Bonchev–Trinajstić information content (AvgIpc) is 2.76. The summed E-state index contributed by atoms with van der Waals surface area (Å²) < 4.78 is 4.50. The van der Waals surface area contributed by atoms with Crippen molar-refractivity contribution in [3.8, 4) is 0 Å². The molecule has 1 amide bonds. The Morgan fingerprint density at radius 2 is 2.31 bits per heavy atom. The first-order valence-electron chi connectivity index (χ1n) is 5.72. The number of rotatable bonds is 6. The van der Waals surface area contributed by atoms with Gasteiger partial charge in [0.05, 0.1) is 7.11 Å². The van der Waals surface area contributed by atoms with Gasteiger partial charge in [0.2, 0.25) is 5.91 Å². The van der Waals surface area contributed by atoms with E-state index in [-0.39, 0.29) is 11.9 Å². The van der Waals surface area contributed by atoms with E-state index in [1.54, 1.807) is 0 Å². The van der Waals surface area contributed by atoms with Gasteiger partial charge in [0, 0.05) is 19.4 Å². The minimum absolute atomic E-state index is 0.0708. The van der Waals surface area contributed by atoms with Crippen LogP contribution in [0.2, 0.25) is 0 Å². The van der Waals surface area contributed by atoms with Gasteiger partial charge in [-0.15, -0.1) is 0 Å². The van der Waals surface area contributed by atoms with Crippen molar-refractivity contribution in [3.05, 3.63) is 12.2 Å². The third-order valence-electron chi connectivity index (χ3n) is 2.67. The molecule has 0 aromatic carbocycles. The molecule has 0 unspecified atom stereocenters. The van der Waals surface area contributed by atoms with Crippen LogP contribution in [0.4, 0.5) is 0 Å². The van der Waals surface area contributed by atoms with Crippen molar-refractivity contribution in [1.29, 1.82) is 0 Å². The largest absolute Gasteiger partial charge is 0.469 e. The van der Waals surface area contributed by atoms with Gasteiger partial charge in [-0.3, -0.25) is 9.59 Å². The average molecular weight is 225 g/mol. The summed E-state index contributed by atoms with van der Waals surface area (Å²) >= 11 is 0. The first-order chi connectivity index (χ1) is 7.72. The van der Waals surface area contributed by atoms with Crippen LogP contribution in [0, 0.1) is 5.92 Å². The van der Waals surface area contributed by atoms with E-state index in [4.69, 9.17) is 0 Å². The van der Waals surface area contributed by atoms with Crippen LogP contribution in [0.3, 0.4) is 0 Å². The number of hydrogen-bond donors (Lipinski definition) is 1. The maximum Gasteiger partial charge on any atom is 0.305 e. The Kier molecular flexibility index (Phi) is 5.61. The maximum atomic E-state index is 11.5. The monoisotopic (exact) mass is 225 g/mol. The van der Waals surface area contributed by atoms with E-state index < -0.39 is 0 Å². The van der Waals surface area contributed by atoms with E-state index in [9.17, 15) is 9.59 Å². The van der Waals surface area contributed by atoms with E-state index in [1.165, 1.54) is 7.11 Å². The van der Waals surface area contributed by atoms with Gasteiger partial charge in [0.1, 0.15) is 0 Å². The number of hydrogen-bond acceptors (Lipinski definition) is 3. The molecule has 1 N–H and O–H groups in total. The summed E-state index contributed by atoms with van der Waals surface area (Å²) in [7, 11) is 1.37. The standard InChI is InChI=1S/C12H19NO3/c1-16-12(15)7-4-8-13-11(14)9-10-5-2-3-6-10/h2,5,10H,3-4,6-9H2,1H3,(H,13,14)/t10-/m0/s1. The first kappa shape index (κ1) is 12.7. The highest BCUT2D eigenvalue weighted by atomic mass is 16.5. The number of ether oxygens (including phenoxy) is 1. The lowest BCUT2D eigenvalue weighted by Crippen LogP contribution is -2.26. The molecule has 4 nitrogen and oxygen atoms in total. The molecule has 4 heteroatoms. The zero-order valence-electron chi connectivity index (χ0n) is 9.70. The van der Waals surface area contributed by atoms with Gasteiger partial charge in [0.25, 0.3) is 0 Å². The molecule has 0 saturated heterocycles. The zero-order valence-corrected chi connectivity index (χ0v) is 9.70. The molecule has 16 heavy (non-hydrogen) atoms. The highest BCUT2D eigenvalue weighted by molar-refractivity contribution is 5.76. The molecule has 0 heterocycles. The van der Waals surface area contributed by atoms with Crippen molar-refractivity contribution in [1.82, 2.24) is 5.32 Å². The van der Waals surface area contributed by atoms with Crippen LogP contribution in [-0.4, -0.2) is 25.5 Å². The van der Waals surface area contributed by atoms with Crippen LogP contribution in [-0.2, 0) is 14.3 Å². The Morgan fingerprint density at radius 1 is 1.50 bits per heavy atom. The maximum absolute atomic E-state index is 11.5. The summed E-state index contributed by atoms with van der Waals surface area (Å²) in [4.78, 5) is 22.2.